The Morgan fingerprint density at radius 1 is 0.821 bits per heavy atom. The van der Waals surface area contributed by atoms with Crippen LogP contribution in [0.15, 0.2) is 103 Å². The maximum atomic E-state index is 12.9. The highest BCUT2D eigenvalue weighted by Crippen LogP contribution is 2.49. The summed E-state index contributed by atoms with van der Waals surface area (Å²) in [6, 6.07) is 33.7. The van der Waals surface area contributed by atoms with Gasteiger partial charge in [0.1, 0.15) is 6.10 Å². The van der Waals surface area contributed by atoms with Crippen molar-refractivity contribution in [2.45, 2.75) is 31.3 Å². The molecule has 0 unspecified atom stereocenters. The molecular weight excluding hydrogens is 506 g/mol. The smallest absolute Gasteiger partial charge is 0.412 e. The first kappa shape index (κ1) is 24.9. The van der Waals surface area contributed by atoms with Crippen molar-refractivity contribution in [2.24, 2.45) is 0 Å². The lowest BCUT2D eigenvalue weighted by Gasteiger charge is -2.15. The summed E-state index contributed by atoms with van der Waals surface area (Å²) >= 11 is 1.62. The average molecular weight is 534 g/mol. The minimum atomic E-state index is -0.745. The summed E-state index contributed by atoms with van der Waals surface area (Å²) in [6.45, 7) is 1.86. The van der Waals surface area contributed by atoms with Crippen LogP contribution in [-0.2, 0) is 14.9 Å². The standard InChI is InChI=1S/C33H27NO4S/c1-21(22-7-3-2-4-8-22)38-32(37)34-29-27-9-5-6-10-28(27)39-30(29)25-13-11-23(12-14-25)24-15-17-26(18-16-24)33(19-20-33)31(35)36/h2-18,21H,19-20H2,1H3,(H,34,37)(H,35,36)/t21-/m1/s1. The van der Waals surface area contributed by atoms with Crippen LogP contribution in [0.2, 0.25) is 0 Å². The van der Waals surface area contributed by atoms with Crippen molar-refractivity contribution >= 4 is 39.2 Å². The molecule has 5 nitrogen and oxygen atoms in total. The van der Waals surface area contributed by atoms with E-state index in [2.05, 4.69) is 29.6 Å². The normalized spacial score (nSPS) is 14.5. The highest BCUT2D eigenvalue weighted by atomic mass is 32.1. The van der Waals surface area contributed by atoms with Crippen molar-refractivity contribution in [3.8, 4) is 21.6 Å². The molecule has 194 valence electrons. The van der Waals surface area contributed by atoms with Crippen molar-refractivity contribution in [2.75, 3.05) is 5.32 Å². The number of thiophene rings is 1. The molecule has 0 spiro atoms. The second kappa shape index (κ2) is 10.0. The van der Waals surface area contributed by atoms with Gasteiger partial charge in [-0.2, -0.15) is 0 Å². The van der Waals surface area contributed by atoms with Gasteiger partial charge in [0.2, 0.25) is 0 Å². The lowest BCUT2D eigenvalue weighted by atomic mass is 9.93. The number of carboxylic acids is 1. The second-order valence-corrected chi connectivity index (χ2v) is 11.0. The number of hydrogen-bond acceptors (Lipinski definition) is 4. The average Bonchev–Trinajstić information content (AvgIpc) is 3.71. The minimum absolute atomic E-state index is 0.379. The van der Waals surface area contributed by atoms with Gasteiger partial charge in [0.15, 0.2) is 0 Å². The maximum absolute atomic E-state index is 12.9. The van der Waals surface area contributed by atoms with E-state index in [1.54, 1.807) is 11.3 Å². The third kappa shape index (κ3) is 4.79. The van der Waals surface area contributed by atoms with Crippen molar-refractivity contribution in [3.63, 3.8) is 0 Å². The van der Waals surface area contributed by atoms with Gasteiger partial charge in [-0.25, -0.2) is 4.79 Å². The first-order valence-corrected chi connectivity index (χ1v) is 13.8. The van der Waals surface area contributed by atoms with Gasteiger partial charge in [-0.3, -0.25) is 10.1 Å². The quantitative estimate of drug-likeness (QED) is 0.219. The summed E-state index contributed by atoms with van der Waals surface area (Å²) in [5, 5.41) is 13.6. The van der Waals surface area contributed by atoms with Crippen LogP contribution in [0.25, 0.3) is 31.7 Å². The Morgan fingerprint density at radius 2 is 1.41 bits per heavy atom. The summed E-state index contributed by atoms with van der Waals surface area (Å²) in [7, 11) is 0. The maximum Gasteiger partial charge on any atom is 0.412 e. The highest BCUT2D eigenvalue weighted by Gasteiger charge is 2.51. The number of rotatable bonds is 7. The molecule has 39 heavy (non-hydrogen) atoms. The van der Waals surface area contributed by atoms with Gasteiger partial charge in [0, 0.05) is 10.1 Å². The van der Waals surface area contributed by atoms with Gasteiger partial charge < -0.3 is 9.84 Å². The number of ether oxygens (including phenoxy) is 1. The number of carbonyl (C=O) groups is 2. The third-order valence-electron chi connectivity index (χ3n) is 7.45. The zero-order valence-corrected chi connectivity index (χ0v) is 22.2. The van der Waals surface area contributed by atoms with Gasteiger partial charge in [-0.1, -0.05) is 97.1 Å². The first-order chi connectivity index (χ1) is 18.9. The number of hydrogen-bond donors (Lipinski definition) is 2. The van der Waals surface area contributed by atoms with Gasteiger partial charge in [-0.15, -0.1) is 11.3 Å². The molecule has 1 aliphatic rings. The Bertz CT molecular complexity index is 1650. The zero-order valence-electron chi connectivity index (χ0n) is 21.4. The lowest BCUT2D eigenvalue weighted by molar-refractivity contribution is -0.140. The van der Waals surface area contributed by atoms with Gasteiger partial charge in [-0.05, 0) is 53.6 Å². The Hall–Kier alpha value is -4.42. The predicted molar refractivity (Wildman–Crippen MR) is 156 cm³/mol. The van der Waals surface area contributed by atoms with E-state index in [4.69, 9.17) is 4.74 Å². The highest BCUT2D eigenvalue weighted by molar-refractivity contribution is 7.23. The van der Waals surface area contributed by atoms with E-state index in [9.17, 15) is 14.7 Å². The number of fused-ring (bicyclic) bond motifs is 1. The number of aliphatic carboxylic acids is 1. The molecule has 0 radical (unpaired) electrons. The van der Waals surface area contributed by atoms with E-state index in [1.165, 1.54) is 0 Å². The molecule has 5 aromatic rings. The molecule has 6 heteroatoms. The molecule has 1 aromatic heterocycles. The van der Waals surface area contributed by atoms with Crippen LogP contribution in [0, 0.1) is 0 Å². The summed E-state index contributed by atoms with van der Waals surface area (Å²) in [5.41, 5.74) is 4.89. The van der Waals surface area contributed by atoms with Gasteiger partial charge >= 0.3 is 12.1 Å². The molecule has 0 bridgehead atoms. The summed E-state index contributed by atoms with van der Waals surface area (Å²) in [5.74, 6) is -0.745. The molecule has 1 saturated carbocycles. The molecule has 1 atom stereocenters. The molecule has 4 aromatic carbocycles. The van der Waals surface area contributed by atoms with E-state index >= 15 is 0 Å². The largest absolute Gasteiger partial charge is 0.481 e. The fourth-order valence-corrected chi connectivity index (χ4v) is 6.17. The number of amides is 1. The van der Waals surface area contributed by atoms with Crippen LogP contribution in [0.4, 0.5) is 10.5 Å². The third-order valence-corrected chi connectivity index (χ3v) is 8.67. The summed E-state index contributed by atoms with van der Waals surface area (Å²) in [6.07, 6.45) is 0.513. The Labute approximate surface area is 230 Å². The molecule has 6 rings (SSSR count). The number of anilines is 1. The van der Waals surface area contributed by atoms with Crippen LogP contribution in [0.1, 0.15) is 37.0 Å². The minimum Gasteiger partial charge on any atom is -0.481 e. The van der Waals surface area contributed by atoms with Crippen LogP contribution < -0.4 is 5.32 Å². The Morgan fingerprint density at radius 3 is 2.05 bits per heavy atom. The molecule has 1 amide bonds. The van der Waals surface area contributed by atoms with Crippen molar-refractivity contribution < 1.29 is 19.4 Å². The van der Waals surface area contributed by atoms with Crippen LogP contribution in [0.5, 0.6) is 0 Å². The molecule has 1 aliphatic carbocycles. The zero-order chi connectivity index (χ0) is 27.0. The van der Waals surface area contributed by atoms with E-state index in [-0.39, 0.29) is 6.10 Å². The molecule has 1 heterocycles. The molecule has 1 fully saturated rings. The van der Waals surface area contributed by atoms with Crippen LogP contribution >= 0.6 is 11.3 Å². The van der Waals surface area contributed by atoms with Crippen LogP contribution in [0.3, 0.4) is 0 Å². The molecular formula is C33H27NO4S. The number of nitrogens with one attached hydrogen (secondary N) is 1. The predicted octanol–water partition coefficient (Wildman–Crippen LogP) is 8.66. The van der Waals surface area contributed by atoms with E-state index < -0.39 is 17.5 Å². The number of benzene rings is 4. The second-order valence-electron chi connectivity index (χ2n) is 9.93. The lowest BCUT2D eigenvalue weighted by Crippen LogP contribution is -2.19. The van der Waals surface area contributed by atoms with Gasteiger partial charge in [0.25, 0.3) is 0 Å². The van der Waals surface area contributed by atoms with Crippen molar-refractivity contribution in [3.05, 3.63) is 114 Å². The molecule has 0 aliphatic heterocycles. The summed E-state index contributed by atoms with van der Waals surface area (Å²) in [4.78, 5) is 25.6. The van der Waals surface area contributed by atoms with Crippen LogP contribution in [-0.4, -0.2) is 17.2 Å². The topological polar surface area (TPSA) is 75.6 Å². The summed E-state index contributed by atoms with van der Waals surface area (Å²) < 4.78 is 6.77. The van der Waals surface area contributed by atoms with E-state index in [1.807, 2.05) is 85.8 Å². The Kier molecular flexibility index (Phi) is 6.41. The first-order valence-electron chi connectivity index (χ1n) is 12.9. The van der Waals surface area contributed by atoms with Crippen molar-refractivity contribution in [1.29, 1.82) is 0 Å². The van der Waals surface area contributed by atoms with E-state index in [0.29, 0.717) is 12.8 Å². The van der Waals surface area contributed by atoms with Gasteiger partial charge in [0.05, 0.1) is 16.0 Å². The van der Waals surface area contributed by atoms with Crippen molar-refractivity contribution in [1.82, 2.24) is 0 Å². The number of carboxylic acid groups (broad SMARTS) is 1. The Balaban J connectivity index is 1.25. The fourth-order valence-electron chi connectivity index (χ4n) is 5.00. The molecule has 0 saturated heterocycles. The fraction of sp³-hybridized carbons (Fsp3) is 0.152. The number of carbonyl (C=O) groups excluding carboxylic acids is 1. The monoisotopic (exact) mass is 533 g/mol. The van der Waals surface area contributed by atoms with E-state index in [0.717, 1.165) is 48.5 Å². The SMILES string of the molecule is C[C@@H](OC(=O)Nc1c(-c2ccc(-c3ccc(C4(C(=O)O)CC4)cc3)cc2)sc2ccccc12)c1ccccc1. The molecule has 2 N–H and O–H groups in total.